The number of carboxylic acids is 1. The molecule has 1 amide bonds. The summed E-state index contributed by atoms with van der Waals surface area (Å²) in [5.74, 6) is -1.30. The largest absolute Gasteiger partial charge is 0.478 e. The van der Waals surface area contributed by atoms with E-state index in [9.17, 15) is 23.1 Å². The molecular formula is C18H25N3O5S. The number of rotatable bonds is 4. The Morgan fingerprint density at radius 1 is 1.26 bits per heavy atom. The van der Waals surface area contributed by atoms with E-state index in [1.54, 1.807) is 7.05 Å². The predicted molar refractivity (Wildman–Crippen MR) is 98.9 cm³/mol. The average Bonchev–Trinajstić information content (AvgIpc) is 2.66. The van der Waals surface area contributed by atoms with Crippen LogP contribution >= 0.6 is 0 Å². The number of likely N-dealkylation sites (tertiary alicyclic amines) is 1. The summed E-state index contributed by atoms with van der Waals surface area (Å²) in [5.41, 5.74) is -0.830. The van der Waals surface area contributed by atoms with E-state index in [0.29, 0.717) is 32.4 Å². The first-order chi connectivity index (χ1) is 12.7. The first-order valence-corrected chi connectivity index (χ1v) is 10.4. The summed E-state index contributed by atoms with van der Waals surface area (Å²) in [5, 5.41) is 11.9. The number of aromatic carboxylic acids is 1. The minimum atomic E-state index is -3.93. The van der Waals surface area contributed by atoms with Gasteiger partial charge in [-0.2, -0.15) is 4.31 Å². The van der Waals surface area contributed by atoms with Gasteiger partial charge in [-0.3, -0.25) is 4.79 Å². The lowest BCUT2D eigenvalue weighted by atomic mass is 9.68. The Labute approximate surface area is 159 Å². The third-order valence-electron chi connectivity index (χ3n) is 5.78. The Balaban J connectivity index is 2.05. The third-order valence-corrected chi connectivity index (χ3v) is 7.68. The van der Waals surface area contributed by atoms with Crippen LogP contribution in [0, 0.1) is 5.41 Å². The smallest absolute Gasteiger partial charge is 0.335 e. The van der Waals surface area contributed by atoms with Gasteiger partial charge in [0.25, 0.3) is 0 Å². The molecule has 2 fully saturated rings. The molecule has 2 aliphatic heterocycles. The van der Waals surface area contributed by atoms with Crippen molar-refractivity contribution in [2.75, 3.05) is 33.7 Å². The number of piperidine rings is 2. The van der Waals surface area contributed by atoms with Crippen LogP contribution in [0.5, 0.6) is 0 Å². The summed E-state index contributed by atoms with van der Waals surface area (Å²) in [7, 11) is -0.434. The second-order valence-electron chi connectivity index (χ2n) is 7.32. The summed E-state index contributed by atoms with van der Waals surface area (Å²) in [4.78, 5) is 26.0. The molecule has 27 heavy (non-hydrogen) atoms. The second kappa shape index (κ2) is 7.21. The first-order valence-electron chi connectivity index (χ1n) is 8.98. The number of hydrogen-bond donors (Lipinski definition) is 2. The number of carboxylic acid groups (broad SMARTS) is 1. The van der Waals surface area contributed by atoms with Gasteiger partial charge in [0.15, 0.2) is 0 Å². The van der Waals surface area contributed by atoms with Crippen molar-refractivity contribution < 1.29 is 23.1 Å². The van der Waals surface area contributed by atoms with Crippen molar-refractivity contribution in [3.8, 4) is 0 Å². The highest BCUT2D eigenvalue weighted by Gasteiger charge is 2.54. The topological polar surface area (TPSA) is 107 Å². The van der Waals surface area contributed by atoms with Gasteiger partial charge in [-0.25, -0.2) is 13.2 Å². The van der Waals surface area contributed by atoms with E-state index < -0.39 is 27.4 Å². The van der Waals surface area contributed by atoms with Crippen LogP contribution in [0.2, 0.25) is 0 Å². The predicted octanol–water partition coefficient (Wildman–Crippen LogP) is 0.606. The molecule has 0 aromatic heterocycles. The average molecular weight is 395 g/mol. The lowest BCUT2D eigenvalue weighted by Crippen LogP contribution is -2.66. The Kier molecular flexibility index (Phi) is 5.29. The van der Waals surface area contributed by atoms with Crippen LogP contribution < -0.4 is 5.32 Å². The molecule has 0 bridgehead atoms. The number of likely N-dealkylation sites (N-methyl/N-ethyl adjacent to an activating group) is 1. The number of carbonyl (C=O) groups excluding carboxylic acids is 1. The lowest BCUT2D eigenvalue weighted by molar-refractivity contribution is -0.140. The molecule has 0 radical (unpaired) electrons. The molecule has 0 spiro atoms. The van der Waals surface area contributed by atoms with Crippen LogP contribution in [0.1, 0.15) is 29.6 Å². The first kappa shape index (κ1) is 19.8. The Bertz CT molecular complexity index is 856. The van der Waals surface area contributed by atoms with Gasteiger partial charge < -0.3 is 15.3 Å². The van der Waals surface area contributed by atoms with Crippen molar-refractivity contribution in [3.05, 3.63) is 29.8 Å². The van der Waals surface area contributed by atoms with Gasteiger partial charge in [0.1, 0.15) is 0 Å². The fourth-order valence-electron chi connectivity index (χ4n) is 4.32. The van der Waals surface area contributed by atoms with E-state index >= 15 is 0 Å². The summed E-state index contributed by atoms with van der Waals surface area (Å²) < 4.78 is 28.1. The van der Waals surface area contributed by atoms with E-state index in [-0.39, 0.29) is 16.4 Å². The molecule has 2 heterocycles. The number of sulfonamides is 1. The minimum Gasteiger partial charge on any atom is -0.478 e. The normalized spacial score (nSPS) is 27.0. The van der Waals surface area contributed by atoms with E-state index in [4.69, 9.17) is 0 Å². The third kappa shape index (κ3) is 3.35. The molecule has 2 saturated heterocycles. The van der Waals surface area contributed by atoms with Gasteiger partial charge in [0, 0.05) is 20.1 Å². The van der Waals surface area contributed by atoms with E-state index in [0.717, 1.165) is 6.54 Å². The molecule has 9 heteroatoms. The van der Waals surface area contributed by atoms with Gasteiger partial charge in [0.2, 0.25) is 15.9 Å². The van der Waals surface area contributed by atoms with Crippen LogP contribution in [0.15, 0.2) is 29.2 Å². The number of nitrogens with zero attached hydrogens (tertiary/aromatic N) is 2. The quantitative estimate of drug-likeness (QED) is 0.773. The molecule has 1 aromatic carbocycles. The highest BCUT2D eigenvalue weighted by Crippen LogP contribution is 2.44. The van der Waals surface area contributed by atoms with Gasteiger partial charge in [0.05, 0.1) is 21.9 Å². The zero-order valence-corrected chi connectivity index (χ0v) is 16.3. The van der Waals surface area contributed by atoms with Crippen molar-refractivity contribution in [2.45, 2.75) is 30.2 Å². The zero-order chi connectivity index (χ0) is 19.8. The maximum atomic E-state index is 13.4. The maximum absolute atomic E-state index is 13.4. The summed E-state index contributed by atoms with van der Waals surface area (Å²) >= 11 is 0. The van der Waals surface area contributed by atoms with Crippen LogP contribution in [0.25, 0.3) is 0 Å². The molecule has 0 unspecified atom stereocenters. The van der Waals surface area contributed by atoms with Crippen molar-refractivity contribution in [1.29, 1.82) is 0 Å². The zero-order valence-electron chi connectivity index (χ0n) is 15.5. The molecule has 2 atom stereocenters. The summed E-state index contributed by atoms with van der Waals surface area (Å²) in [6, 6.07) is 4.90. The molecule has 1 aromatic rings. The second-order valence-corrected chi connectivity index (χ2v) is 9.21. The number of benzene rings is 1. The Morgan fingerprint density at radius 2 is 2.00 bits per heavy atom. The van der Waals surface area contributed by atoms with Crippen molar-refractivity contribution in [1.82, 2.24) is 14.5 Å². The van der Waals surface area contributed by atoms with Gasteiger partial charge in [-0.15, -0.1) is 0 Å². The van der Waals surface area contributed by atoms with Gasteiger partial charge in [-0.1, -0.05) is 6.07 Å². The van der Waals surface area contributed by atoms with E-state index in [1.165, 1.54) is 28.6 Å². The fourth-order valence-corrected chi connectivity index (χ4v) is 6.09. The molecular weight excluding hydrogens is 370 g/mol. The lowest BCUT2D eigenvalue weighted by Gasteiger charge is -2.52. The van der Waals surface area contributed by atoms with Crippen molar-refractivity contribution >= 4 is 21.9 Å². The number of hydrogen-bond acceptors (Lipinski definition) is 5. The molecule has 3 rings (SSSR count). The minimum absolute atomic E-state index is 0.0525. The monoisotopic (exact) mass is 395 g/mol. The summed E-state index contributed by atoms with van der Waals surface area (Å²) in [6.07, 6.45) is 1.83. The van der Waals surface area contributed by atoms with Crippen LogP contribution in [0.4, 0.5) is 0 Å². The van der Waals surface area contributed by atoms with Crippen LogP contribution in [-0.4, -0.2) is 74.4 Å². The molecule has 148 valence electrons. The number of fused-ring (bicyclic) bond motifs is 1. The SMILES string of the molecule is CNC(=O)[C@@]12CCCN(S(=O)(=O)c3cccc(C(=O)O)c3)[C@H]1CN(C)CC2. The molecule has 2 aliphatic rings. The maximum Gasteiger partial charge on any atom is 0.335 e. The molecule has 2 N–H and O–H groups in total. The summed E-state index contributed by atoms with van der Waals surface area (Å²) in [6.45, 7) is 1.51. The van der Waals surface area contributed by atoms with Crippen molar-refractivity contribution in [3.63, 3.8) is 0 Å². The van der Waals surface area contributed by atoms with E-state index in [2.05, 4.69) is 5.32 Å². The highest BCUT2D eigenvalue weighted by atomic mass is 32.2. The van der Waals surface area contributed by atoms with Gasteiger partial charge >= 0.3 is 5.97 Å². The molecule has 8 nitrogen and oxygen atoms in total. The number of amides is 1. The van der Waals surface area contributed by atoms with E-state index in [1.807, 2.05) is 11.9 Å². The highest BCUT2D eigenvalue weighted by molar-refractivity contribution is 7.89. The van der Waals surface area contributed by atoms with Crippen molar-refractivity contribution in [2.24, 2.45) is 5.41 Å². The fraction of sp³-hybridized carbons (Fsp3) is 0.556. The number of carbonyl (C=O) groups is 2. The molecule has 0 aliphatic carbocycles. The van der Waals surface area contributed by atoms with Gasteiger partial charge in [-0.05, 0) is 51.1 Å². The molecule has 0 saturated carbocycles. The Morgan fingerprint density at radius 3 is 2.67 bits per heavy atom. The number of nitrogens with one attached hydrogen (secondary N) is 1. The van der Waals surface area contributed by atoms with Crippen LogP contribution in [-0.2, 0) is 14.8 Å². The van der Waals surface area contributed by atoms with Crippen LogP contribution in [0.3, 0.4) is 0 Å². The standard InChI is InChI=1S/C18H25N3O5S/c1-19-17(24)18-7-4-9-21(15(18)12-20(2)10-8-18)27(25,26)14-6-3-5-13(11-14)16(22)23/h3,5-6,11,15H,4,7-10,12H2,1-2H3,(H,19,24)(H,22,23)/t15-,18+/m0/s1. The Hall–Kier alpha value is -1.97.